The van der Waals surface area contributed by atoms with Crippen molar-refractivity contribution in [1.82, 2.24) is 0 Å². The summed E-state index contributed by atoms with van der Waals surface area (Å²) in [6.07, 6.45) is 0. The van der Waals surface area contributed by atoms with Gasteiger partial charge in [0.15, 0.2) is 0 Å². The number of halogens is 12. The molecule has 0 fully saturated rings. The van der Waals surface area contributed by atoms with Crippen LogP contribution in [0.25, 0.3) is 0 Å². The monoisotopic (exact) mass is 656 g/mol. The third-order valence-corrected chi connectivity index (χ3v) is 1.21. The van der Waals surface area contributed by atoms with Crippen molar-refractivity contribution in [3.05, 3.63) is 72.8 Å². The zero-order valence-electron chi connectivity index (χ0n) is 17.7. The normalized spacial score (nSPS) is 4.84. The van der Waals surface area contributed by atoms with E-state index in [1.54, 1.807) is 0 Å². The Bertz CT molecular complexity index is 211. The third kappa shape index (κ3) is 185. The summed E-state index contributed by atoms with van der Waals surface area (Å²) in [5.74, 6) is 0. The van der Waals surface area contributed by atoms with Crippen LogP contribution in [-0.2, 0) is 21.1 Å². The molecular formula is C18H28F12W. The van der Waals surface area contributed by atoms with Gasteiger partial charge in [-0.2, -0.15) is 72.8 Å². The standard InChI is InChI=1S/2C6H5.3C2H6.6F2.W/c2*1-2-4-6-5-3-1;9*1-2;/h2*1-5H;3*1-2H3;;;;;;;/q2*-1;;;;;;;;;;+2. The summed E-state index contributed by atoms with van der Waals surface area (Å²) in [6.45, 7) is 12.0. The van der Waals surface area contributed by atoms with Gasteiger partial charge in [-0.15, -0.1) is 0 Å². The molecule has 0 nitrogen and oxygen atoms in total. The number of rotatable bonds is 0. The Hall–Kier alpha value is -1.71. The molecule has 0 radical (unpaired) electrons. The maximum absolute atomic E-state index is 8.00. The van der Waals surface area contributed by atoms with Crippen molar-refractivity contribution >= 4 is 0 Å². The molecular weight excluding hydrogens is 628 g/mol. The van der Waals surface area contributed by atoms with Crippen LogP contribution in [0, 0.1) is 12.1 Å². The average molecular weight is 656 g/mol. The summed E-state index contributed by atoms with van der Waals surface area (Å²) in [4.78, 5) is 0. The van der Waals surface area contributed by atoms with Gasteiger partial charge in [0, 0.05) is 54.9 Å². The fraction of sp³-hybridized carbons (Fsp3) is 0.333. The van der Waals surface area contributed by atoms with Crippen LogP contribution in [0.3, 0.4) is 0 Å². The van der Waals surface area contributed by atoms with Crippen LogP contribution < -0.4 is 0 Å². The van der Waals surface area contributed by atoms with E-state index in [9.17, 15) is 0 Å². The van der Waals surface area contributed by atoms with E-state index in [-0.39, 0.29) is 21.1 Å². The number of benzene rings is 2. The second-order valence-electron chi connectivity index (χ2n) is 2.15. The second kappa shape index (κ2) is 199. The summed E-state index contributed by atoms with van der Waals surface area (Å²) in [6, 6.07) is 25.0. The molecule has 0 saturated heterocycles. The van der Waals surface area contributed by atoms with E-state index in [0.29, 0.717) is 0 Å². The van der Waals surface area contributed by atoms with E-state index < -0.39 is 0 Å². The topological polar surface area (TPSA) is 0 Å². The first-order valence-electron chi connectivity index (χ1n) is 7.68. The molecule has 0 N–H and O–H groups in total. The van der Waals surface area contributed by atoms with Crippen molar-refractivity contribution in [3.8, 4) is 0 Å². The first kappa shape index (κ1) is 63.0. The fourth-order valence-electron chi connectivity index (χ4n) is 0.684. The van der Waals surface area contributed by atoms with Crippen LogP contribution in [0.2, 0.25) is 0 Å². The first-order valence-corrected chi connectivity index (χ1v) is 7.68. The van der Waals surface area contributed by atoms with Crippen LogP contribution in [0.15, 0.2) is 60.7 Å². The van der Waals surface area contributed by atoms with Gasteiger partial charge >= 0.3 is 21.1 Å². The quantitative estimate of drug-likeness (QED) is 0.196. The molecule has 13 heteroatoms. The minimum absolute atomic E-state index is 0. The van der Waals surface area contributed by atoms with E-state index >= 15 is 0 Å². The van der Waals surface area contributed by atoms with Crippen molar-refractivity contribution in [2.24, 2.45) is 0 Å². The van der Waals surface area contributed by atoms with Gasteiger partial charge < -0.3 is 0 Å². The summed E-state index contributed by atoms with van der Waals surface area (Å²) in [7, 11) is 0. The van der Waals surface area contributed by atoms with E-state index in [1.165, 1.54) is 0 Å². The minimum atomic E-state index is 0. The molecule has 0 aliphatic heterocycles. The van der Waals surface area contributed by atoms with Crippen LogP contribution in [0.5, 0.6) is 0 Å². The maximum Gasteiger partial charge on any atom is 2.00 e. The maximum atomic E-state index is 8.00. The Kier molecular flexibility index (Phi) is 404. The van der Waals surface area contributed by atoms with Crippen LogP contribution in [0.1, 0.15) is 41.5 Å². The van der Waals surface area contributed by atoms with Gasteiger partial charge in [0.2, 0.25) is 0 Å². The van der Waals surface area contributed by atoms with Gasteiger partial charge in [-0.05, 0) is 0 Å². The first-order chi connectivity index (χ1) is 15.0. The Balaban J connectivity index is -0.0000000207. The fourth-order valence-corrected chi connectivity index (χ4v) is 0.684. The second-order valence-corrected chi connectivity index (χ2v) is 2.15. The van der Waals surface area contributed by atoms with Gasteiger partial charge in [-0.25, -0.2) is 0 Å². The zero-order valence-corrected chi connectivity index (χ0v) is 20.7. The summed E-state index contributed by atoms with van der Waals surface area (Å²) >= 11 is 0. The molecule has 0 spiro atoms. The molecule has 0 heterocycles. The average Bonchev–Trinajstić information content (AvgIpc) is 2.96. The van der Waals surface area contributed by atoms with Crippen molar-refractivity contribution in [2.75, 3.05) is 0 Å². The van der Waals surface area contributed by atoms with E-state index in [4.69, 9.17) is 54.9 Å². The van der Waals surface area contributed by atoms with Crippen LogP contribution in [0.4, 0.5) is 54.9 Å². The molecule has 0 aliphatic carbocycles. The number of hydrogen-bond acceptors (Lipinski definition) is 0. The summed E-state index contributed by atoms with van der Waals surface area (Å²) < 4.78 is 96.0. The zero-order chi connectivity index (χ0) is 26.5. The molecule has 2 aromatic carbocycles. The smallest absolute Gasteiger partial charge is 0.184 e. The molecule has 0 amide bonds. The Labute approximate surface area is 190 Å². The number of hydrogen-bond donors (Lipinski definition) is 0. The molecule has 0 bridgehead atoms. The van der Waals surface area contributed by atoms with Crippen molar-refractivity contribution in [3.63, 3.8) is 0 Å². The molecule has 0 unspecified atom stereocenters. The van der Waals surface area contributed by atoms with Crippen molar-refractivity contribution in [2.45, 2.75) is 41.5 Å². The van der Waals surface area contributed by atoms with Gasteiger partial charge in [-0.1, -0.05) is 41.5 Å². The predicted molar refractivity (Wildman–Crippen MR) is 97.9 cm³/mol. The molecule has 2 aromatic rings. The van der Waals surface area contributed by atoms with Gasteiger partial charge in [0.25, 0.3) is 0 Å². The molecule has 2 rings (SSSR count). The summed E-state index contributed by atoms with van der Waals surface area (Å²) in [5, 5.41) is 0. The molecule has 0 aromatic heterocycles. The molecule has 0 atom stereocenters. The summed E-state index contributed by atoms with van der Waals surface area (Å²) in [5.41, 5.74) is 0. The minimum Gasteiger partial charge on any atom is -0.184 e. The molecule has 0 saturated carbocycles. The van der Waals surface area contributed by atoms with Crippen LogP contribution >= 0.6 is 0 Å². The third-order valence-electron chi connectivity index (χ3n) is 1.21. The Morgan fingerprint density at radius 2 is 0.452 bits per heavy atom. The van der Waals surface area contributed by atoms with Crippen molar-refractivity contribution < 1.29 is 76.0 Å². The molecule has 0 aliphatic rings. The van der Waals surface area contributed by atoms with E-state index in [2.05, 4.69) is 12.1 Å². The predicted octanol–water partition coefficient (Wildman–Crippen LogP) is 11.1. The Morgan fingerprint density at radius 1 is 0.323 bits per heavy atom. The largest absolute Gasteiger partial charge is 2.00 e. The van der Waals surface area contributed by atoms with Gasteiger partial charge in [0.1, 0.15) is 0 Å². The van der Waals surface area contributed by atoms with E-state index in [0.717, 1.165) is 0 Å². The van der Waals surface area contributed by atoms with Gasteiger partial charge in [-0.3, -0.25) is 0 Å². The van der Waals surface area contributed by atoms with Crippen LogP contribution in [-0.4, -0.2) is 0 Å². The van der Waals surface area contributed by atoms with Gasteiger partial charge in [0.05, 0.1) is 0 Å². The van der Waals surface area contributed by atoms with Crippen molar-refractivity contribution in [1.29, 1.82) is 0 Å². The van der Waals surface area contributed by atoms with E-state index in [1.807, 2.05) is 102 Å². The SMILES string of the molecule is CC.CC.CC.FF.FF.FF.FF.FF.FF.[W+2].[c-]1ccccc1.[c-]1ccccc1. The molecule has 31 heavy (non-hydrogen) atoms. The Morgan fingerprint density at radius 3 is 0.484 bits per heavy atom. The molecule has 190 valence electrons.